The van der Waals surface area contributed by atoms with E-state index in [1.165, 1.54) is 0 Å². The van der Waals surface area contributed by atoms with E-state index in [1.807, 2.05) is 37.3 Å². The van der Waals surface area contributed by atoms with Gasteiger partial charge in [0.05, 0.1) is 18.8 Å². The number of carbonyl (C=O) groups excluding carboxylic acids is 2. The van der Waals surface area contributed by atoms with Crippen molar-refractivity contribution in [2.45, 2.75) is 18.3 Å². The highest BCUT2D eigenvalue weighted by atomic mass is 35.5. The average molecular weight is 357 g/mol. The molecular weight excluding hydrogens is 340 g/mol. The van der Waals surface area contributed by atoms with E-state index in [1.54, 1.807) is 31.4 Å². The van der Waals surface area contributed by atoms with Gasteiger partial charge in [0, 0.05) is 0 Å². The molecule has 1 heterocycles. The van der Waals surface area contributed by atoms with Gasteiger partial charge in [-0.1, -0.05) is 30.3 Å². The molecule has 1 unspecified atom stereocenters. The first kappa shape index (κ1) is 17.2. The fraction of sp³-hybridized carbons (Fsp3) is 0.211. The smallest absolute Gasteiger partial charge is 0.281 e. The third kappa shape index (κ3) is 3.28. The normalized spacial score (nSPS) is 20.2. The van der Waals surface area contributed by atoms with Gasteiger partial charge in [-0.15, -0.1) is 11.6 Å². The number of methoxy groups -OCH3 is 1. The Morgan fingerprint density at radius 2 is 1.72 bits per heavy atom. The summed E-state index contributed by atoms with van der Waals surface area (Å²) in [5.74, 6) is -0.342. The number of carbonyl (C=O) groups is 2. The number of hydrogen-bond donors (Lipinski definition) is 0. The maximum Gasteiger partial charge on any atom is 0.281 e. The highest BCUT2D eigenvalue weighted by molar-refractivity contribution is 6.68. The van der Waals surface area contributed by atoms with Crippen LogP contribution in [0.3, 0.4) is 0 Å². The van der Waals surface area contributed by atoms with Gasteiger partial charge in [0.25, 0.3) is 11.8 Å². The number of imide groups is 1. The summed E-state index contributed by atoms with van der Waals surface area (Å²) < 4.78 is 5.09. The molecule has 1 saturated heterocycles. The van der Waals surface area contributed by atoms with Crippen LogP contribution in [0.25, 0.3) is 0 Å². The van der Waals surface area contributed by atoms with Crippen LogP contribution in [0.2, 0.25) is 0 Å². The van der Waals surface area contributed by atoms with Crippen molar-refractivity contribution in [3.8, 4) is 5.75 Å². The predicted molar refractivity (Wildman–Crippen MR) is 97.4 cm³/mol. The first-order chi connectivity index (χ1) is 12.0. The maximum absolute atomic E-state index is 12.7. The molecule has 5 nitrogen and oxygen atoms in total. The monoisotopic (exact) mass is 356 g/mol. The van der Waals surface area contributed by atoms with E-state index in [0.29, 0.717) is 11.4 Å². The number of aliphatic imine (C=N–C) groups is 1. The average Bonchev–Trinajstić information content (AvgIpc) is 2.86. The Kier molecular flexibility index (Phi) is 4.86. The molecule has 2 amide bonds. The van der Waals surface area contributed by atoms with Crippen LogP contribution in [0.15, 0.2) is 59.6 Å². The topological polar surface area (TPSA) is 59.0 Å². The van der Waals surface area contributed by atoms with Crippen LogP contribution in [0.5, 0.6) is 5.75 Å². The summed E-state index contributed by atoms with van der Waals surface area (Å²) >= 11 is 6.19. The van der Waals surface area contributed by atoms with Gasteiger partial charge in [0.15, 0.2) is 5.38 Å². The van der Waals surface area contributed by atoms with Crippen molar-refractivity contribution < 1.29 is 14.3 Å². The lowest BCUT2D eigenvalue weighted by atomic mass is 10.1. The summed E-state index contributed by atoms with van der Waals surface area (Å²) in [5, 5.41) is -1.08. The molecule has 0 bridgehead atoms. The van der Waals surface area contributed by atoms with Crippen molar-refractivity contribution in [1.82, 2.24) is 0 Å². The Morgan fingerprint density at radius 3 is 2.32 bits per heavy atom. The van der Waals surface area contributed by atoms with Crippen molar-refractivity contribution in [3.05, 3.63) is 60.2 Å². The SMILES string of the molecule is COc1ccc(N2C(=O)C(=N[C@@H](C)c3ccccc3)C(Cl)C2=O)cc1. The third-order valence-electron chi connectivity index (χ3n) is 4.04. The molecule has 2 aromatic rings. The molecule has 1 fully saturated rings. The molecule has 0 aromatic heterocycles. The van der Waals surface area contributed by atoms with Crippen LogP contribution in [0, 0.1) is 0 Å². The van der Waals surface area contributed by atoms with E-state index in [0.717, 1.165) is 10.5 Å². The molecule has 3 rings (SSSR count). The van der Waals surface area contributed by atoms with Gasteiger partial charge in [-0.3, -0.25) is 14.6 Å². The minimum Gasteiger partial charge on any atom is -0.497 e. The first-order valence-electron chi connectivity index (χ1n) is 7.82. The van der Waals surface area contributed by atoms with E-state index in [9.17, 15) is 9.59 Å². The Labute approximate surface area is 150 Å². The summed E-state index contributed by atoms with van der Waals surface area (Å²) in [4.78, 5) is 30.6. The highest BCUT2D eigenvalue weighted by Crippen LogP contribution is 2.28. The number of alkyl halides is 1. The van der Waals surface area contributed by atoms with Gasteiger partial charge in [-0.05, 0) is 36.8 Å². The zero-order valence-electron chi connectivity index (χ0n) is 13.8. The number of amides is 2. The number of nitrogens with zero attached hydrogens (tertiary/aromatic N) is 2. The van der Waals surface area contributed by atoms with Gasteiger partial charge in [-0.2, -0.15) is 0 Å². The lowest BCUT2D eigenvalue weighted by molar-refractivity contribution is -0.120. The molecule has 0 N–H and O–H groups in total. The second-order valence-electron chi connectivity index (χ2n) is 5.64. The Bertz CT molecular complexity index is 818. The van der Waals surface area contributed by atoms with Gasteiger partial charge in [0.2, 0.25) is 0 Å². The second kappa shape index (κ2) is 7.07. The number of anilines is 1. The Balaban J connectivity index is 1.91. The largest absolute Gasteiger partial charge is 0.497 e. The molecule has 2 aromatic carbocycles. The van der Waals surface area contributed by atoms with Gasteiger partial charge in [0.1, 0.15) is 11.5 Å². The van der Waals surface area contributed by atoms with Crippen LogP contribution in [-0.4, -0.2) is 30.0 Å². The summed E-state index contributed by atoms with van der Waals surface area (Å²) in [6, 6.07) is 15.9. The van der Waals surface area contributed by atoms with E-state index in [-0.39, 0.29) is 11.8 Å². The van der Waals surface area contributed by atoms with Crippen molar-refractivity contribution in [2.24, 2.45) is 4.99 Å². The van der Waals surface area contributed by atoms with E-state index in [2.05, 4.69) is 4.99 Å². The van der Waals surface area contributed by atoms with Crippen LogP contribution >= 0.6 is 11.6 Å². The van der Waals surface area contributed by atoms with E-state index < -0.39 is 17.2 Å². The molecule has 1 aliphatic heterocycles. The van der Waals surface area contributed by atoms with Crippen molar-refractivity contribution in [1.29, 1.82) is 0 Å². The van der Waals surface area contributed by atoms with Crippen LogP contribution < -0.4 is 9.64 Å². The summed E-state index contributed by atoms with van der Waals surface area (Å²) in [7, 11) is 1.55. The predicted octanol–water partition coefficient (Wildman–Crippen LogP) is 3.38. The standard InChI is InChI=1S/C19H17ClN2O3/c1-12(13-6-4-3-5-7-13)21-17-16(20)18(23)22(19(17)24)14-8-10-15(25-2)11-9-14/h3-12,16H,1-2H3/t12-,16?/m0/s1. The molecule has 25 heavy (non-hydrogen) atoms. The van der Waals surface area contributed by atoms with Crippen LogP contribution in [0.4, 0.5) is 5.69 Å². The molecule has 1 aliphatic rings. The first-order valence-corrected chi connectivity index (χ1v) is 8.25. The van der Waals surface area contributed by atoms with Crippen molar-refractivity contribution in [2.75, 3.05) is 12.0 Å². The van der Waals surface area contributed by atoms with Gasteiger partial charge in [-0.25, -0.2) is 4.90 Å². The fourth-order valence-corrected chi connectivity index (χ4v) is 2.91. The molecule has 0 radical (unpaired) electrons. The van der Waals surface area contributed by atoms with Crippen LogP contribution in [0.1, 0.15) is 18.5 Å². The molecular formula is C19H17ClN2O3. The molecule has 6 heteroatoms. The Morgan fingerprint density at radius 1 is 1.08 bits per heavy atom. The van der Waals surface area contributed by atoms with Gasteiger partial charge < -0.3 is 4.74 Å². The fourth-order valence-electron chi connectivity index (χ4n) is 2.66. The Hall–Kier alpha value is -2.66. The van der Waals surface area contributed by atoms with E-state index >= 15 is 0 Å². The summed E-state index contributed by atoms with van der Waals surface area (Å²) in [6.07, 6.45) is 0. The minimum absolute atomic E-state index is 0.0684. The highest BCUT2D eigenvalue weighted by Gasteiger charge is 2.44. The number of rotatable bonds is 4. The molecule has 2 atom stereocenters. The number of benzene rings is 2. The quantitative estimate of drug-likeness (QED) is 0.623. The third-order valence-corrected chi connectivity index (χ3v) is 4.44. The van der Waals surface area contributed by atoms with Gasteiger partial charge >= 0.3 is 0 Å². The van der Waals surface area contributed by atoms with E-state index in [4.69, 9.17) is 16.3 Å². The molecule has 0 spiro atoms. The van der Waals surface area contributed by atoms with Crippen molar-refractivity contribution >= 4 is 34.8 Å². The zero-order valence-corrected chi connectivity index (χ0v) is 14.6. The minimum atomic E-state index is -1.08. The maximum atomic E-state index is 12.7. The molecule has 0 aliphatic carbocycles. The lowest BCUT2D eigenvalue weighted by Crippen LogP contribution is -2.31. The molecule has 0 saturated carbocycles. The lowest BCUT2D eigenvalue weighted by Gasteiger charge is -2.13. The summed E-state index contributed by atoms with van der Waals surface area (Å²) in [6.45, 7) is 1.86. The molecule has 128 valence electrons. The number of halogens is 1. The number of hydrogen-bond acceptors (Lipinski definition) is 4. The number of ether oxygens (including phenoxy) is 1. The summed E-state index contributed by atoms with van der Waals surface area (Å²) in [5.41, 5.74) is 1.46. The van der Waals surface area contributed by atoms with Crippen molar-refractivity contribution in [3.63, 3.8) is 0 Å². The van der Waals surface area contributed by atoms with Crippen LogP contribution in [-0.2, 0) is 9.59 Å². The second-order valence-corrected chi connectivity index (χ2v) is 6.08. The zero-order chi connectivity index (χ0) is 18.0.